The first-order chi connectivity index (χ1) is 18.1. The second kappa shape index (κ2) is 22.9. The standard InChI is InChI=1S/C31H52O6/c1-3-4-5-6-7-8-9-10-11-12-13-14-15-16-17-19-22-36-28-24-27(31(33)34)25-29(26-28)37-23-20-18-21-30(32)35-2/h24-26H,3-23H2,1-2H3,(H,33,34). The van der Waals surface area contributed by atoms with Crippen LogP contribution in [0.15, 0.2) is 18.2 Å². The Morgan fingerprint density at radius 3 is 1.43 bits per heavy atom. The molecule has 37 heavy (non-hydrogen) atoms. The lowest BCUT2D eigenvalue weighted by molar-refractivity contribution is -0.140. The van der Waals surface area contributed by atoms with E-state index in [1.165, 1.54) is 103 Å². The van der Waals surface area contributed by atoms with Crippen LogP contribution >= 0.6 is 0 Å². The van der Waals surface area contributed by atoms with Crippen LogP contribution in [0.25, 0.3) is 0 Å². The Morgan fingerprint density at radius 1 is 0.622 bits per heavy atom. The average Bonchev–Trinajstić information content (AvgIpc) is 2.90. The van der Waals surface area contributed by atoms with Gasteiger partial charge in [0.15, 0.2) is 0 Å². The van der Waals surface area contributed by atoms with Gasteiger partial charge in [-0.25, -0.2) is 4.79 Å². The van der Waals surface area contributed by atoms with E-state index in [1.807, 2.05) is 0 Å². The molecule has 0 spiro atoms. The van der Waals surface area contributed by atoms with Crippen molar-refractivity contribution >= 4 is 11.9 Å². The van der Waals surface area contributed by atoms with Crippen molar-refractivity contribution in [3.8, 4) is 11.5 Å². The van der Waals surface area contributed by atoms with Crippen LogP contribution in [0, 0.1) is 0 Å². The zero-order valence-corrected chi connectivity index (χ0v) is 23.6. The molecule has 0 aliphatic rings. The number of unbranched alkanes of at least 4 members (excludes halogenated alkanes) is 16. The highest BCUT2D eigenvalue weighted by Crippen LogP contribution is 2.24. The lowest BCUT2D eigenvalue weighted by atomic mass is 10.0. The summed E-state index contributed by atoms with van der Waals surface area (Å²) < 4.78 is 16.1. The number of hydrogen-bond donors (Lipinski definition) is 1. The number of hydrogen-bond acceptors (Lipinski definition) is 5. The third-order valence-electron chi connectivity index (χ3n) is 6.67. The summed E-state index contributed by atoms with van der Waals surface area (Å²) in [5.74, 6) is -0.258. The minimum absolute atomic E-state index is 0.147. The zero-order valence-electron chi connectivity index (χ0n) is 23.6. The van der Waals surface area contributed by atoms with E-state index in [4.69, 9.17) is 9.47 Å². The number of aromatic carboxylic acids is 1. The van der Waals surface area contributed by atoms with E-state index in [-0.39, 0.29) is 11.5 Å². The van der Waals surface area contributed by atoms with Crippen molar-refractivity contribution in [1.82, 2.24) is 0 Å². The minimum Gasteiger partial charge on any atom is -0.493 e. The van der Waals surface area contributed by atoms with Crippen molar-refractivity contribution in [2.45, 2.75) is 129 Å². The molecule has 0 saturated carbocycles. The van der Waals surface area contributed by atoms with E-state index in [1.54, 1.807) is 12.1 Å². The summed E-state index contributed by atoms with van der Waals surface area (Å²) in [4.78, 5) is 22.6. The molecule has 1 rings (SSSR count). The van der Waals surface area contributed by atoms with Gasteiger partial charge >= 0.3 is 11.9 Å². The molecular weight excluding hydrogens is 468 g/mol. The summed E-state index contributed by atoms with van der Waals surface area (Å²) in [7, 11) is 1.37. The van der Waals surface area contributed by atoms with Crippen LogP contribution in [0.5, 0.6) is 11.5 Å². The molecule has 0 unspecified atom stereocenters. The van der Waals surface area contributed by atoms with Gasteiger partial charge in [0, 0.05) is 12.5 Å². The number of carboxylic acid groups (broad SMARTS) is 1. The molecule has 0 aliphatic heterocycles. The number of esters is 1. The van der Waals surface area contributed by atoms with Crippen LogP contribution < -0.4 is 9.47 Å². The predicted molar refractivity (Wildman–Crippen MR) is 150 cm³/mol. The van der Waals surface area contributed by atoms with Crippen molar-refractivity contribution in [2.24, 2.45) is 0 Å². The molecule has 0 amide bonds. The topological polar surface area (TPSA) is 82.1 Å². The van der Waals surface area contributed by atoms with Gasteiger partial charge in [-0.2, -0.15) is 0 Å². The van der Waals surface area contributed by atoms with Crippen molar-refractivity contribution in [1.29, 1.82) is 0 Å². The molecule has 1 aromatic rings. The van der Waals surface area contributed by atoms with Crippen molar-refractivity contribution in [3.63, 3.8) is 0 Å². The van der Waals surface area contributed by atoms with Gasteiger partial charge in [-0.1, -0.05) is 103 Å². The summed E-state index contributed by atoms with van der Waals surface area (Å²) >= 11 is 0. The number of carbonyl (C=O) groups excluding carboxylic acids is 1. The van der Waals surface area contributed by atoms with Crippen LogP contribution in [0.2, 0.25) is 0 Å². The maximum atomic E-state index is 11.5. The molecule has 0 aliphatic carbocycles. The monoisotopic (exact) mass is 520 g/mol. The summed E-state index contributed by atoms with van der Waals surface area (Å²) in [5, 5.41) is 9.39. The third kappa shape index (κ3) is 18.6. The summed E-state index contributed by atoms with van der Waals surface area (Å²) in [6.07, 6.45) is 22.9. The fourth-order valence-corrected chi connectivity index (χ4v) is 4.37. The molecule has 1 N–H and O–H groups in total. The van der Waals surface area contributed by atoms with E-state index >= 15 is 0 Å². The van der Waals surface area contributed by atoms with Crippen molar-refractivity contribution in [2.75, 3.05) is 20.3 Å². The highest BCUT2D eigenvalue weighted by Gasteiger charge is 2.09. The molecule has 1 aromatic carbocycles. The van der Waals surface area contributed by atoms with Gasteiger partial charge in [-0.15, -0.1) is 0 Å². The first-order valence-corrected chi connectivity index (χ1v) is 14.8. The van der Waals surface area contributed by atoms with E-state index < -0.39 is 5.97 Å². The highest BCUT2D eigenvalue weighted by atomic mass is 16.5. The molecule has 0 saturated heterocycles. The number of carboxylic acids is 1. The first kappa shape index (κ1) is 32.8. The molecule has 6 heteroatoms. The second-order valence-electron chi connectivity index (χ2n) is 10.0. The number of methoxy groups -OCH3 is 1. The largest absolute Gasteiger partial charge is 0.493 e. The highest BCUT2D eigenvalue weighted by molar-refractivity contribution is 5.88. The van der Waals surface area contributed by atoms with Gasteiger partial charge in [0.1, 0.15) is 11.5 Å². The molecule has 0 radical (unpaired) electrons. The van der Waals surface area contributed by atoms with E-state index in [2.05, 4.69) is 11.7 Å². The van der Waals surface area contributed by atoms with Gasteiger partial charge in [0.2, 0.25) is 0 Å². The minimum atomic E-state index is -1.01. The number of carbonyl (C=O) groups is 2. The van der Waals surface area contributed by atoms with E-state index in [0.717, 1.165) is 12.8 Å². The van der Waals surface area contributed by atoms with Crippen LogP contribution in [0.3, 0.4) is 0 Å². The molecule has 0 atom stereocenters. The lowest BCUT2D eigenvalue weighted by Gasteiger charge is -2.11. The SMILES string of the molecule is CCCCCCCCCCCCCCCCCCOc1cc(OCCCCC(=O)OC)cc(C(=O)O)c1. The smallest absolute Gasteiger partial charge is 0.335 e. The quantitative estimate of drug-likeness (QED) is 0.102. The van der Waals surface area contributed by atoms with Gasteiger partial charge < -0.3 is 19.3 Å². The maximum absolute atomic E-state index is 11.5. The normalized spacial score (nSPS) is 10.9. The fourth-order valence-electron chi connectivity index (χ4n) is 4.37. The van der Waals surface area contributed by atoms with Crippen LogP contribution in [0.4, 0.5) is 0 Å². The lowest BCUT2D eigenvalue weighted by Crippen LogP contribution is -2.05. The molecular formula is C31H52O6. The Balaban J connectivity index is 2.08. The van der Waals surface area contributed by atoms with Gasteiger partial charge in [-0.05, 0) is 31.4 Å². The Kier molecular flexibility index (Phi) is 20.3. The zero-order chi connectivity index (χ0) is 27.0. The predicted octanol–water partition coefficient (Wildman–Crippen LogP) is 8.75. The number of rotatable bonds is 25. The molecule has 0 bridgehead atoms. The summed E-state index contributed by atoms with van der Waals surface area (Å²) in [5.41, 5.74) is 0.147. The summed E-state index contributed by atoms with van der Waals surface area (Å²) in [6.45, 7) is 3.24. The Morgan fingerprint density at radius 2 is 1.03 bits per heavy atom. The molecule has 0 fully saturated rings. The van der Waals surface area contributed by atoms with Gasteiger partial charge in [0.05, 0.1) is 25.9 Å². The van der Waals surface area contributed by atoms with Crippen LogP contribution in [-0.2, 0) is 9.53 Å². The van der Waals surface area contributed by atoms with Crippen molar-refractivity contribution in [3.05, 3.63) is 23.8 Å². The fraction of sp³-hybridized carbons (Fsp3) is 0.742. The Bertz CT molecular complexity index is 718. The molecule has 6 nitrogen and oxygen atoms in total. The van der Waals surface area contributed by atoms with E-state index in [0.29, 0.717) is 44.0 Å². The van der Waals surface area contributed by atoms with Crippen molar-refractivity contribution < 1.29 is 28.9 Å². The molecule has 0 aromatic heterocycles. The second-order valence-corrected chi connectivity index (χ2v) is 10.0. The average molecular weight is 521 g/mol. The van der Waals surface area contributed by atoms with Gasteiger partial charge in [0.25, 0.3) is 0 Å². The third-order valence-corrected chi connectivity index (χ3v) is 6.67. The van der Waals surface area contributed by atoms with Crippen LogP contribution in [0.1, 0.15) is 139 Å². The van der Waals surface area contributed by atoms with E-state index in [9.17, 15) is 14.7 Å². The Hall–Kier alpha value is -2.24. The molecule has 212 valence electrons. The number of ether oxygens (including phenoxy) is 3. The molecule has 0 heterocycles. The first-order valence-electron chi connectivity index (χ1n) is 14.8. The maximum Gasteiger partial charge on any atom is 0.335 e. The van der Waals surface area contributed by atoms with Crippen LogP contribution in [-0.4, -0.2) is 37.4 Å². The number of benzene rings is 1. The summed E-state index contributed by atoms with van der Waals surface area (Å²) in [6, 6.07) is 4.78. The Labute approximate surface area is 225 Å². The van der Waals surface area contributed by atoms with Gasteiger partial charge in [-0.3, -0.25) is 4.79 Å².